The van der Waals surface area contributed by atoms with Crippen LogP contribution in [-0.4, -0.2) is 5.25 Å². The van der Waals surface area contributed by atoms with E-state index in [0.29, 0.717) is 0 Å². The monoisotopic (exact) mass is 160 g/mol. The van der Waals surface area contributed by atoms with Crippen molar-refractivity contribution in [1.82, 2.24) is 0 Å². The van der Waals surface area contributed by atoms with Crippen LogP contribution in [0.15, 0.2) is 0 Å². The molecule has 0 amide bonds. The van der Waals surface area contributed by atoms with E-state index < -0.39 is 0 Å². The molecule has 2 saturated carbocycles. The first-order valence-electron chi connectivity index (χ1n) is 3.73. The predicted octanol–water partition coefficient (Wildman–Crippen LogP) is 2.75. The van der Waals surface area contributed by atoms with Gasteiger partial charge in [0.15, 0.2) is 0 Å². The summed E-state index contributed by atoms with van der Waals surface area (Å²) >= 11 is 4.25. The van der Waals surface area contributed by atoms with E-state index in [9.17, 15) is 0 Å². The van der Waals surface area contributed by atoms with Gasteiger partial charge in [-0.3, -0.25) is 0 Å². The van der Waals surface area contributed by atoms with Gasteiger partial charge in [-0.15, -0.1) is 11.7 Å². The maximum absolute atomic E-state index is 4.25. The van der Waals surface area contributed by atoms with Crippen molar-refractivity contribution in [3.8, 4) is 0 Å². The van der Waals surface area contributed by atoms with Gasteiger partial charge in [-0.25, -0.2) is 0 Å². The minimum atomic E-state index is 0.941. The molecule has 0 N–H and O–H groups in total. The summed E-state index contributed by atoms with van der Waals surface area (Å²) in [6, 6.07) is 0. The molecule has 0 bridgehead atoms. The molecule has 2 atom stereocenters. The van der Waals surface area contributed by atoms with E-state index in [-0.39, 0.29) is 0 Å². The molecule has 0 aromatic rings. The van der Waals surface area contributed by atoms with Crippen LogP contribution in [0.5, 0.6) is 0 Å². The van der Waals surface area contributed by atoms with Gasteiger partial charge in [-0.2, -0.15) is 0 Å². The molecule has 0 saturated heterocycles. The van der Waals surface area contributed by atoms with Crippen molar-refractivity contribution in [2.24, 2.45) is 11.8 Å². The minimum Gasteiger partial charge on any atom is -0.111 e. The Morgan fingerprint density at radius 3 is 2.11 bits per heavy atom. The van der Waals surface area contributed by atoms with Crippen molar-refractivity contribution in [3.05, 3.63) is 0 Å². The topological polar surface area (TPSA) is 0 Å². The van der Waals surface area contributed by atoms with E-state index in [4.69, 9.17) is 0 Å². The average molecular weight is 160 g/mol. The van der Waals surface area contributed by atoms with E-state index in [1.165, 1.54) is 25.7 Å². The first kappa shape index (κ1) is 6.41. The summed E-state index contributed by atoms with van der Waals surface area (Å²) in [4.78, 5) is 0. The Kier molecular flexibility index (Phi) is 1.70. The molecule has 2 heteroatoms. The molecule has 0 aliphatic heterocycles. The zero-order valence-corrected chi connectivity index (χ0v) is 7.13. The molecule has 0 spiro atoms. The Morgan fingerprint density at radius 2 is 1.67 bits per heavy atom. The van der Waals surface area contributed by atoms with Crippen LogP contribution >= 0.6 is 22.5 Å². The van der Waals surface area contributed by atoms with E-state index in [0.717, 1.165) is 17.1 Å². The molecular weight excluding hydrogens is 148 g/mol. The molecule has 52 valence electrons. The normalized spacial score (nSPS) is 48.3. The molecule has 2 fully saturated rings. The summed E-state index contributed by atoms with van der Waals surface area (Å²) in [6.07, 6.45) is 5.93. The maximum Gasteiger partial charge on any atom is 0.0211 e. The van der Waals surface area contributed by atoms with Gasteiger partial charge in [-0.1, -0.05) is 23.6 Å². The molecule has 0 aromatic carbocycles. The van der Waals surface area contributed by atoms with Gasteiger partial charge in [0.2, 0.25) is 0 Å². The molecule has 2 unspecified atom stereocenters. The standard InChI is InChI=1S/C7H12S2/c8-9-7-5-3-1-2-4-6(5)7/h5-8H,1-4H2. The fourth-order valence-corrected chi connectivity index (χ4v) is 3.92. The van der Waals surface area contributed by atoms with Gasteiger partial charge in [0.1, 0.15) is 0 Å². The van der Waals surface area contributed by atoms with Crippen LogP contribution in [0.25, 0.3) is 0 Å². The van der Waals surface area contributed by atoms with Crippen molar-refractivity contribution in [1.29, 1.82) is 0 Å². The number of fused-ring (bicyclic) bond motifs is 1. The Hall–Kier alpha value is 0.700. The first-order chi connectivity index (χ1) is 4.43. The second-order valence-electron chi connectivity index (χ2n) is 3.18. The van der Waals surface area contributed by atoms with E-state index >= 15 is 0 Å². The van der Waals surface area contributed by atoms with Crippen LogP contribution in [0.2, 0.25) is 0 Å². The summed E-state index contributed by atoms with van der Waals surface area (Å²) < 4.78 is 0. The Labute approximate surface area is 65.6 Å². The second-order valence-corrected chi connectivity index (χ2v) is 4.57. The lowest BCUT2D eigenvalue weighted by Gasteiger charge is -2.04. The minimum absolute atomic E-state index is 0.941. The third-order valence-corrected chi connectivity index (χ3v) is 4.37. The molecule has 0 aromatic heterocycles. The van der Waals surface area contributed by atoms with E-state index in [1.807, 2.05) is 0 Å². The molecule has 2 aliphatic rings. The van der Waals surface area contributed by atoms with Crippen LogP contribution in [0.4, 0.5) is 0 Å². The van der Waals surface area contributed by atoms with Crippen LogP contribution in [0.3, 0.4) is 0 Å². The van der Waals surface area contributed by atoms with Gasteiger partial charge in [-0.05, 0) is 24.7 Å². The lowest BCUT2D eigenvalue weighted by Crippen LogP contribution is -1.91. The maximum atomic E-state index is 4.25. The number of hydrogen-bond acceptors (Lipinski definition) is 2. The van der Waals surface area contributed by atoms with E-state index in [1.54, 1.807) is 10.8 Å². The zero-order valence-electron chi connectivity index (χ0n) is 5.42. The van der Waals surface area contributed by atoms with Gasteiger partial charge in [0.05, 0.1) is 0 Å². The summed E-state index contributed by atoms with van der Waals surface area (Å²) in [5.74, 6) is 2.14. The average Bonchev–Trinajstić information content (AvgIpc) is 2.60. The van der Waals surface area contributed by atoms with Crippen molar-refractivity contribution in [3.63, 3.8) is 0 Å². The highest BCUT2D eigenvalue weighted by Crippen LogP contribution is 2.57. The molecule has 0 nitrogen and oxygen atoms in total. The predicted molar refractivity (Wildman–Crippen MR) is 45.8 cm³/mol. The quantitative estimate of drug-likeness (QED) is 0.454. The smallest absolute Gasteiger partial charge is 0.0211 e. The Balaban J connectivity index is 1.91. The number of hydrogen-bond donors (Lipinski definition) is 1. The van der Waals surface area contributed by atoms with Crippen LogP contribution < -0.4 is 0 Å². The SMILES string of the molecule is SSC1C2CCCCC21. The molecular formula is C7H12S2. The Morgan fingerprint density at radius 1 is 1.11 bits per heavy atom. The molecule has 2 rings (SSSR count). The van der Waals surface area contributed by atoms with Crippen molar-refractivity contribution >= 4 is 22.5 Å². The summed E-state index contributed by atoms with van der Waals surface area (Å²) in [6.45, 7) is 0. The van der Waals surface area contributed by atoms with E-state index in [2.05, 4.69) is 11.7 Å². The fourth-order valence-electron chi connectivity index (χ4n) is 2.08. The largest absolute Gasteiger partial charge is 0.111 e. The van der Waals surface area contributed by atoms with Crippen molar-refractivity contribution in [2.75, 3.05) is 0 Å². The van der Waals surface area contributed by atoms with Crippen LogP contribution in [-0.2, 0) is 0 Å². The number of thiol groups is 1. The molecule has 0 heterocycles. The fraction of sp³-hybridized carbons (Fsp3) is 1.00. The molecule has 2 aliphatic carbocycles. The lowest BCUT2D eigenvalue weighted by atomic mass is 10.0. The van der Waals surface area contributed by atoms with Gasteiger partial charge in [0.25, 0.3) is 0 Å². The highest BCUT2D eigenvalue weighted by molar-refractivity contribution is 8.69. The highest BCUT2D eigenvalue weighted by atomic mass is 33.1. The number of rotatable bonds is 1. The van der Waals surface area contributed by atoms with Gasteiger partial charge < -0.3 is 0 Å². The van der Waals surface area contributed by atoms with Crippen molar-refractivity contribution < 1.29 is 0 Å². The summed E-state index contributed by atoms with van der Waals surface area (Å²) in [7, 11) is 1.79. The first-order valence-corrected chi connectivity index (χ1v) is 5.67. The summed E-state index contributed by atoms with van der Waals surface area (Å²) in [5, 5.41) is 0.941. The zero-order chi connectivity index (χ0) is 6.27. The van der Waals surface area contributed by atoms with Gasteiger partial charge >= 0.3 is 0 Å². The third kappa shape index (κ3) is 1.01. The Bertz CT molecular complexity index is 94.7. The highest BCUT2D eigenvalue weighted by Gasteiger charge is 2.50. The molecule has 0 radical (unpaired) electrons. The van der Waals surface area contributed by atoms with Crippen LogP contribution in [0.1, 0.15) is 25.7 Å². The molecule has 9 heavy (non-hydrogen) atoms. The van der Waals surface area contributed by atoms with Crippen molar-refractivity contribution in [2.45, 2.75) is 30.9 Å². The van der Waals surface area contributed by atoms with Gasteiger partial charge in [0, 0.05) is 5.25 Å². The van der Waals surface area contributed by atoms with Crippen LogP contribution in [0, 0.1) is 11.8 Å². The third-order valence-electron chi connectivity index (χ3n) is 2.70. The second kappa shape index (κ2) is 2.39. The summed E-state index contributed by atoms with van der Waals surface area (Å²) in [5.41, 5.74) is 0. The lowest BCUT2D eigenvalue weighted by molar-refractivity contribution is 0.480.